The molecule has 60 heavy (non-hydrogen) atoms. The maximum absolute atomic E-state index is 14.9. The fourth-order valence-corrected chi connectivity index (χ4v) is 15.0. The number of ketones is 1. The Hall–Kier alpha value is -5.15. The zero-order valence-electron chi connectivity index (χ0n) is 35.2. The van der Waals surface area contributed by atoms with Crippen LogP contribution in [0.25, 0.3) is 22.3 Å². The molecule has 3 nitrogen and oxygen atoms in total. The number of methoxy groups -OCH3 is 1. The van der Waals surface area contributed by atoms with Gasteiger partial charge in [0.15, 0.2) is 5.78 Å². The van der Waals surface area contributed by atoms with Crippen LogP contribution < -0.4 is 9.47 Å². The Balaban J connectivity index is 0.976. The van der Waals surface area contributed by atoms with Crippen molar-refractivity contribution in [3.8, 4) is 17.2 Å². The lowest BCUT2D eigenvalue weighted by Gasteiger charge is -2.58. The SMILES string of the molecule is COc1cc(Oc2ccc(C3=C(c4ccccc4)C(=O)C(c4ccccc4)=C3c3ccc(C)cc3)cc2)c(C23CC4CC(CC(C4)C2)C3)cc1C12CC3CC(CC(C3)C1)C2. The Labute approximate surface area is 355 Å². The van der Waals surface area contributed by atoms with Crippen molar-refractivity contribution in [2.75, 3.05) is 7.11 Å². The molecule has 8 fully saturated rings. The number of aryl methyl sites for hydroxylation is 1. The van der Waals surface area contributed by atoms with Crippen molar-refractivity contribution in [3.05, 3.63) is 160 Å². The number of hydrogen-bond donors (Lipinski definition) is 0. The Morgan fingerprint density at radius 2 is 0.833 bits per heavy atom. The molecule has 0 unspecified atom stereocenters. The van der Waals surface area contributed by atoms with Gasteiger partial charge in [-0.15, -0.1) is 0 Å². The maximum atomic E-state index is 14.9. The van der Waals surface area contributed by atoms with Gasteiger partial charge in [-0.1, -0.05) is 103 Å². The van der Waals surface area contributed by atoms with Crippen LogP contribution in [0, 0.1) is 42.4 Å². The number of rotatable bonds is 9. The van der Waals surface area contributed by atoms with E-state index < -0.39 is 0 Å². The van der Waals surface area contributed by atoms with Gasteiger partial charge in [0.1, 0.15) is 17.2 Å². The van der Waals surface area contributed by atoms with Crippen molar-refractivity contribution < 1.29 is 14.3 Å². The molecule has 302 valence electrons. The van der Waals surface area contributed by atoms with Crippen molar-refractivity contribution in [1.29, 1.82) is 0 Å². The van der Waals surface area contributed by atoms with E-state index in [1.165, 1.54) is 93.7 Å². The van der Waals surface area contributed by atoms with Gasteiger partial charge >= 0.3 is 0 Å². The van der Waals surface area contributed by atoms with E-state index in [-0.39, 0.29) is 16.6 Å². The molecule has 0 saturated heterocycles. The Bertz CT molecular complexity index is 2490. The molecule has 0 aliphatic heterocycles. The first-order chi connectivity index (χ1) is 29.3. The van der Waals surface area contributed by atoms with Crippen molar-refractivity contribution in [1.82, 2.24) is 0 Å². The quantitative estimate of drug-likeness (QED) is 0.149. The monoisotopic (exact) mass is 788 g/mol. The third kappa shape index (κ3) is 5.93. The van der Waals surface area contributed by atoms with Crippen LogP contribution >= 0.6 is 0 Å². The molecule has 0 amide bonds. The summed E-state index contributed by atoms with van der Waals surface area (Å²) in [4.78, 5) is 14.9. The zero-order chi connectivity index (χ0) is 40.2. The highest BCUT2D eigenvalue weighted by molar-refractivity contribution is 6.59. The fourth-order valence-electron chi connectivity index (χ4n) is 15.0. The van der Waals surface area contributed by atoms with Gasteiger partial charge in [-0.3, -0.25) is 4.79 Å². The molecular weight excluding hydrogens is 733 g/mol. The number of carbonyl (C=O) groups is 1. The highest BCUT2D eigenvalue weighted by Gasteiger charge is 2.55. The van der Waals surface area contributed by atoms with Crippen LogP contribution in [0.4, 0.5) is 0 Å². The zero-order valence-corrected chi connectivity index (χ0v) is 35.2. The normalized spacial score (nSPS) is 31.1. The summed E-state index contributed by atoms with van der Waals surface area (Å²) in [7, 11) is 1.88. The van der Waals surface area contributed by atoms with E-state index in [4.69, 9.17) is 9.47 Å². The van der Waals surface area contributed by atoms with Crippen molar-refractivity contribution in [3.63, 3.8) is 0 Å². The molecule has 8 bridgehead atoms. The van der Waals surface area contributed by atoms with Gasteiger partial charge in [-0.25, -0.2) is 0 Å². The van der Waals surface area contributed by atoms with Gasteiger partial charge in [0.2, 0.25) is 0 Å². The molecule has 5 aromatic carbocycles. The van der Waals surface area contributed by atoms with E-state index in [0.717, 1.165) is 97.3 Å². The van der Waals surface area contributed by atoms with Gasteiger partial charge in [0.05, 0.1) is 7.11 Å². The number of carbonyl (C=O) groups excluding carboxylic acids is 1. The lowest BCUT2D eigenvalue weighted by Crippen LogP contribution is -2.50. The summed E-state index contributed by atoms with van der Waals surface area (Å²) < 4.78 is 13.6. The Morgan fingerprint density at radius 1 is 0.450 bits per heavy atom. The highest BCUT2D eigenvalue weighted by Crippen LogP contribution is 2.66. The summed E-state index contributed by atoms with van der Waals surface area (Å²) in [6.45, 7) is 2.11. The van der Waals surface area contributed by atoms with E-state index in [9.17, 15) is 4.79 Å². The van der Waals surface area contributed by atoms with Crippen LogP contribution in [0.5, 0.6) is 17.2 Å². The molecule has 0 atom stereocenters. The van der Waals surface area contributed by atoms with Crippen LogP contribution in [0.1, 0.15) is 116 Å². The highest BCUT2D eigenvalue weighted by atomic mass is 16.5. The molecule has 9 aliphatic rings. The summed E-state index contributed by atoms with van der Waals surface area (Å²) in [5, 5.41) is 0. The minimum absolute atomic E-state index is 0.0599. The average Bonchev–Trinajstić information content (AvgIpc) is 3.56. The predicted molar refractivity (Wildman–Crippen MR) is 242 cm³/mol. The molecule has 14 rings (SSSR count). The van der Waals surface area contributed by atoms with Crippen LogP contribution in [0.3, 0.4) is 0 Å². The Morgan fingerprint density at radius 3 is 1.25 bits per heavy atom. The number of hydrogen-bond acceptors (Lipinski definition) is 3. The van der Waals surface area contributed by atoms with Crippen LogP contribution in [-0.2, 0) is 15.6 Å². The van der Waals surface area contributed by atoms with Gasteiger partial charge in [-0.2, -0.15) is 0 Å². The summed E-state index contributed by atoms with van der Waals surface area (Å²) in [5.74, 6) is 8.03. The molecule has 3 heteroatoms. The first-order valence-corrected chi connectivity index (χ1v) is 23.1. The fraction of sp³-hybridized carbons (Fsp3) is 0.386. The molecular formula is C57H56O3. The second-order valence-electron chi connectivity index (χ2n) is 20.5. The summed E-state index contributed by atoms with van der Waals surface area (Å²) in [6.07, 6.45) is 16.4. The van der Waals surface area contributed by atoms with Crippen molar-refractivity contribution >= 4 is 28.1 Å². The number of Topliss-reactive ketones (excluding diaryl/α,β-unsaturated/α-hetero) is 1. The van der Waals surface area contributed by atoms with Crippen LogP contribution in [0.2, 0.25) is 0 Å². The number of allylic oxidation sites excluding steroid dienone is 4. The van der Waals surface area contributed by atoms with Crippen molar-refractivity contribution in [2.24, 2.45) is 35.5 Å². The average molecular weight is 789 g/mol. The van der Waals surface area contributed by atoms with Crippen LogP contribution in [0.15, 0.2) is 121 Å². The summed E-state index contributed by atoms with van der Waals surface area (Å²) >= 11 is 0. The minimum atomic E-state index is 0.0599. The summed E-state index contributed by atoms with van der Waals surface area (Å²) in [5.41, 5.74) is 11.9. The molecule has 9 aliphatic carbocycles. The van der Waals surface area contributed by atoms with Gasteiger partial charge in [-0.05, 0) is 171 Å². The number of ether oxygens (including phenoxy) is 2. The second kappa shape index (κ2) is 13.9. The second-order valence-corrected chi connectivity index (χ2v) is 20.5. The molecule has 0 N–H and O–H groups in total. The van der Waals surface area contributed by atoms with Gasteiger partial charge < -0.3 is 9.47 Å². The molecule has 0 aromatic heterocycles. The lowest BCUT2D eigenvalue weighted by atomic mass is 9.46. The Kier molecular flexibility index (Phi) is 8.53. The van der Waals surface area contributed by atoms with Gasteiger partial charge in [0, 0.05) is 39.5 Å². The topological polar surface area (TPSA) is 35.5 Å². The predicted octanol–water partition coefficient (Wildman–Crippen LogP) is 13.8. The summed E-state index contributed by atoms with van der Waals surface area (Å²) in [6, 6.07) is 42.6. The van der Waals surface area contributed by atoms with Crippen LogP contribution in [-0.4, -0.2) is 12.9 Å². The third-order valence-electron chi connectivity index (χ3n) is 16.6. The first-order valence-electron chi connectivity index (χ1n) is 23.1. The molecule has 0 spiro atoms. The molecule has 0 heterocycles. The maximum Gasteiger partial charge on any atom is 0.195 e. The number of benzene rings is 5. The minimum Gasteiger partial charge on any atom is -0.496 e. The van der Waals surface area contributed by atoms with E-state index >= 15 is 0 Å². The van der Waals surface area contributed by atoms with E-state index in [1.54, 1.807) is 0 Å². The molecule has 5 aromatic rings. The standard InChI is InChI=1S/C57H56O3/c1-35-13-15-44(16-14-35)51-52(54(43-11-7-4-8-12-43)55(58)53(51)42-9-5-3-6-10-42)45-17-19-46(20-18-45)60-50-28-49(59-2)47(56-29-36-21-37(30-56)23-38(22-36)31-56)27-48(50)57-32-39-24-40(33-57)26-41(25-39)34-57/h3-20,27-28,36-41H,21-26,29-34H2,1-2H3. The lowest BCUT2D eigenvalue weighted by molar-refractivity contribution is -0.108. The van der Waals surface area contributed by atoms with Gasteiger partial charge in [0.25, 0.3) is 0 Å². The first kappa shape index (κ1) is 36.7. The van der Waals surface area contributed by atoms with E-state index in [1.807, 2.05) is 43.5 Å². The third-order valence-corrected chi connectivity index (χ3v) is 16.6. The largest absolute Gasteiger partial charge is 0.496 e. The smallest absolute Gasteiger partial charge is 0.195 e. The van der Waals surface area contributed by atoms with Crippen molar-refractivity contribution in [2.45, 2.75) is 94.8 Å². The van der Waals surface area contributed by atoms with E-state index in [2.05, 4.69) is 91.9 Å². The molecule has 8 saturated carbocycles. The molecule has 0 radical (unpaired) electrons. The van der Waals surface area contributed by atoms with E-state index in [0.29, 0.717) is 0 Å².